The molecule has 1 saturated carbocycles. The van der Waals surface area contributed by atoms with E-state index in [9.17, 15) is 4.79 Å². The molecule has 1 aromatic heterocycles. The Kier molecular flexibility index (Phi) is 6.75. The Morgan fingerprint density at radius 1 is 1.08 bits per heavy atom. The van der Waals surface area contributed by atoms with Gasteiger partial charge in [0, 0.05) is 24.0 Å². The first kappa shape index (κ1) is 18.6. The Morgan fingerprint density at radius 2 is 1.77 bits per heavy atom. The third-order valence-corrected chi connectivity index (χ3v) is 5.25. The predicted molar refractivity (Wildman–Crippen MR) is 102 cm³/mol. The van der Waals surface area contributed by atoms with Gasteiger partial charge in [0.1, 0.15) is 5.75 Å². The van der Waals surface area contributed by atoms with Crippen LogP contribution in [0.1, 0.15) is 58.3 Å². The van der Waals surface area contributed by atoms with Crippen LogP contribution in [0.5, 0.6) is 5.75 Å². The minimum absolute atomic E-state index is 0.0464. The van der Waals surface area contributed by atoms with Crippen LogP contribution in [0.4, 0.5) is 0 Å². The Balaban J connectivity index is 1.48. The van der Waals surface area contributed by atoms with E-state index in [1.165, 1.54) is 25.7 Å². The molecule has 4 nitrogen and oxygen atoms in total. The van der Waals surface area contributed by atoms with Crippen LogP contribution in [0.15, 0.2) is 36.7 Å². The normalized spacial score (nSPS) is 19.9. The number of aromatic nitrogens is 2. The van der Waals surface area contributed by atoms with E-state index in [2.05, 4.69) is 23.0 Å². The van der Waals surface area contributed by atoms with Crippen molar-refractivity contribution in [2.45, 2.75) is 58.3 Å². The first-order chi connectivity index (χ1) is 12.8. The van der Waals surface area contributed by atoms with Gasteiger partial charge < -0.3 is 4.74 Å². The molecular weight excluding hydrogens is 324 g/mol. The summed E-state index contributed by atoms with van der Waals surface area (Å²) in [7, 11) is 0. The van der Waals surface area contributed by atoms with Crippen molar-refractivity contribution in [1.82, 2.24) is 9.97 Å². The van der Waals surface area contributed by atoms with Gasteiger partial charge in [-0.25, -0.2) is 9.97 Å². The van der Waals surface area contributed by atoms with Crippen LogP contribution in [0, 0.1) is 17.9 Å². The lowest BCUT2D eigenvalue weighted by atomic mass is 9.80. The first-order valence-corrected chi connectivity index (χ1v) is 9.76. The molecule has 3 rings (SSSR count). The number of hydrogen-bond acceptors (Lipinski definition) is 4. The summed E-state index contributed by atoms with van der Waals surface area (Å²) in [6.07, 6.45) is 12.7. The van der Waals surface area contributed by atoms with Crippen molar-refractivity contribution in [3.05, 3.63) is 42.7 Å². The number of unbranched alkanes of at least 4 members (excludes halogenated alkanes) is 2. The fourth-order valence-electron chi connectivity index (χ4n) is 3.65. The summed E-state index contributed by atoms with van der Waals surface area (Å²) in [6.45, 7) is 2.24. The highest BCUT2D eigenvalue weighted by atomic mass is 16.5. The SMILES string of the molecule is CCCCCC1CCC(C(=O)Oc2ccc(-c3nc[c]cn3)cc2)CC1. The van der Waals surface area contributed by atoms with E-state index >= 15 is 0 Å². The highest BCUT2D eigenvalue weighted by Gasteiger charge is 2.27. The van der Waals surface area contributed by atoms with Gasteiger partial charge >= 0.3 is 5.97 Å². The van der Waals surface area contributed by atoms with E-state index < -0.39 is 0 Å². The number of carbonyl (C=O) groups is 1. The standard InChI is InChI=1S/C22H27N2O2/c1-2-3-4-6-17-7-9-19(10-8-17)22(25)26-20-13-11-18(12-14-20)21-23-15-5-16-24-21/h11-17,19H,2-4,6-10H2,1H3. The molecule has 1 heterocycles. The smallest absolute Gasteiger partial charge is 0.314 e. The molecule has 1 aliphatic carbocycles. The molecule has 0 saturated heterocycles. The van der Waals surface area contributed by atoms with Crippen molar-refractivity contribution in [2.75, 3.05) is 0 Å². The summed E-state index contributed by atoms with van der Waals surface area (Å²) in [4.78, 5) is 20.8. The lowest BCUT2D eigenvalue weighted by Gasteiger charge is -2.27. The average Bonchev–Trinajstić information content (AvgIpc) is 2.70. The highest BCUT2D eigenvalue weighted by Crippen LogP contribution is 2.33. The van der Waals surface area contributed by atoms with Gasteiger partial charge in [-0.3, -0.25) is 4.79 Å². The molecule has 1 radical (unpaired) electrons. The maximum Gasteiger partial charge on any atom is 0.314 e. The molecule has 1 aromatic carbocycles. The molecule has 0 bridgehead atoms. The fraction of sp³-hybridized carbons (Fsp3) is 0.500. The molecule has 137 valence electrons. The molecule has 0 aliphatic heterocycles. The van der Waals surface area contributed by atoms with Gasteiger partial charge in [-0.05, 0) is 55.9 Å². The molecule has 26 heavy (non-hydrogen) atoms. The summed E-state index contributed by atoms with van der Waals surface area (Å²) in [5.74, 6) is 1.99. The van der Waals surface area contributed by atoms with Crippen molar-refractivity contribution in [1.29, 1.82) is 0 Å². The number of rotatable bonds is 7. The maximum atomic E-state index is 12.4. The third-order valence-electron chi connectivity index (χ3n) is 5.25. The third kappa shape index (κ3) is 5.13. The second kappa shape index (κ2) is 9.46. The Hall–Kier alpha value is -2.23. The zero-order chi connectivity index (χ0) is 18.2. The molecule has 4 heteroatoms. The predicted octanol–water partition coefficient (Wildman–Crippen LogP) is 5.24. The Bertz CT molecular complexity index is 677. The van der Waals surface area contributed by atoms with E-state index in [-0.39, 0.29) is 11.9 Å². The van der Waals surface area contributed by atoms with Gasteiger partial charge in [-0.2, -0.15) is 0 Å². The molecule has 1 fully saturated rings. The second-order valence-electron chi connectivity index (χ2n) is 7.17. The molecule has 0 amide bonds. The lowest BCUT2D eigenvalue weighted by molar-refractivity contribution is -0.140. The summed E-state index contributed by atoms with van der Waals surface area (Å²) in [5, 5.41) is 0. The van der Waals surface area contributed by atoms with Crippen LogP contribution >= 0.6 is 0 Å². The van der Waals surface area contributed by atoms with Crippen LogP contribution in [-0.2, 0) is 4.79 Å². The Morgan fingerprint density at radius 3 is 2.42 bits per heavy atom. The van der Waals surface area contributed by atoms with Gasteiger partial charge in [0.05, 0.1) is 5.92 Å². The quantitative estimate of drug-likeness (QED) is 0.389. The van der Waals surface area contributed by atoms with E-state index in [1.54, 1.807) is 12.4 Å². The zero-order valence-electron chi connectivity index (χ0n) is 15.5. The first-order valence-electron chi connectivity index (χ1n) is 9.76. The summed E-state index contributed by atoms with van der Waals surface area (Å²) in [5.41, 5.74) is 0.895. The van der Waals surface area contributed by atoms with Crippen molar-refractivity contribution in [3.63, 3.8) is 0 Å². The van der Waals surface area contributed by atoms with E-state index in [4.69, 9.17) is 4.74 Å². The monoisotopic (exact) mass is 351 g/mol. The molecule has 0 unspecified atom stereocenters. The number of carbonyl (C=O) groups excluding carboxylic acids is 1. The molecule has 0 N–H and O–H groups in total. The molecule has 1 aliphatic rings. The van der Waals surface area contributed by atoms with Crippen LogP contribution in [0.25, 0.3) is 11.4 Å². The van der Waals surface area contributed by atoms with Crippen molar-refractivity contribution < 1.29 is 9.53 Å². The van der Waals surface area contributed by atoms with E-state index in [0.29, 0.717) is 11.6 Å². The molecular formula is C22H27N2O2. The maximum absolute atomic E-state index is 12.4. The summed E-state index contributed by atoms with van der Waals surface area (Å²) < 4.78 is 5.59. The van der Waals surface area contributed by atoms with Gasteiger partial charge in [-0.15, -0.1) is 0 Å². The van der Waals surface area contributed by atoms with Crippen LogP contribution in [0.3, 0.4) is 0 Å². The topological polar surface area (TPSA) is 52.1 Å². The zero-order valence-corrected chi connectivity index (χ0v) is 15.5. The highest BCUT2D eigenvalue weighted by molar-refractivity contribution is 5.75. The van der Waals surface area contributed by atoms with Crippen molar-refractivity contribution in [3.8, 4) is 17.1 Å². The molecule has 2 aromatic rings. The average molecular weight is 351 g/mol. The van der Waals surface area contributed by atoms with Gasteiger partial charge in [-0.1, -0.05) is 32.6 Å². The minimum Gasteiger partial charge on any atom is -0.426 e. The number of benzene rings is 1. The summed E-state index contributed by atoms with van der Waals surface area (Å²) >= 11 is 0. The Labute approximate surface area is 156 Å². The van der Waals surface area contributed by atoms with E-state index in [1.807, 2.05) is 24.3 Å². The van der Waals surface area contributed by atoms with Gasteiger partial charge in [0.25, 0.3) is 0 Å². The second-order valence-corrected chi connectivity index (χ2v) is 7.17. The minimum atomic E-state index is -0.0877. The number of nitrogens with zero attached hydrogens (tertiary/aromatic N) is 2. The van der Waals surface area contributed by atoms with Crippen LogP contribution in [-0.4, -0.2) is 15.9 Å². The molecule has 0 atom stereocenters. The van der Waals surface area contributed by atoms with E-state index in [0.717, 1.165) is 37.2 Å². The number of hydrogen-bond donors (Lipinski definition) is 0. The number of esters is 1. The lowest BCUT2D eigenvalue weighted by Crippen LogP contribution is -2.25. The van der Waals surface area contributed by atoms with Crippen LogP contribution < -0.4 is 4.74 Å². The van der Waals surface area contributed by atoms with Gasteiger partial charge in [0.2, 0.25) is 0 Å². The largest absolute Gasteiger partial charge is 0.426 e. The van der Waals surface area contributed by atoms with Gasteiger partial charge in [0.15, 0.2) is 5.82 Å². The van der Waals surface area contributed by atoms with Crippen molar-refractivity contribution in [2.24, 2.45) is 11.8 Å². The van der Waals surface area contributed by atoms with Crippen molar-refractivity contribution >= 4 is 5.97 Å². The number of ether oxygens (including phenoxy) is 1. The summed E-state index contributed by atoms with van der Waals surface area (Å²) in [6, 6.07) is 10.2. The molecule has 0 spiro atoms. The fourth-order valence-corrected chi connectivity index (χ4v) is 3.65. The van der Waals surface area contributed by atoms with Crippen LogP contribution in [0.2, 0.25) is 0 Å².